The van der Waals surface area contributed by atoms with Gasteiger partial charge in [0.25, 0.3) is 0 Å². The number of aromatic nitrogens is 2. The summed E-state index contributed by atoms with van der Waals surface area (Å²) in [6, 6.07) is 1.95. The number of hydrogen-bond acceptors (Lipinski definition) is 7. The normalized spacial score (nSPS) is 9.90. The molecule has 2 heterocycles. The summed E-state index contributed by atoms with van der Waals surface area (Å²) >= 11 is 23.4. The fourth-order valence-corrected chi connectivity index (χ4v) is 3.00. The van der Waals surface area contributed by atoms with Crippen LogP contribution in [0.4, 0.5) is 0 Å². The Morgan fingerprint density at radius 3 is 1.76 bits per heavy atom. The summed E-state index contributed by atoms with van der Waals surface area (Å²) in [6.07, 6.45) is 0. The maximum atomic E-state index is 8.68. The molecule has 12 heteroatoms. The Bertz CT molecular complexity index is 930. The number of oxime groups is 1. The number of aryl methyl sites for hydroxylation is 2. The van der Waals surface area contributed by atoms with Crippen molar-refractivity contribution in [1.82, 2.24) is 9.97 Å². The van der Waals surface area contributed by atoms with Gasteiger partial charge in [-0.3, -0.25) is 0 Å². The van der Waals surface area contributed by atoms with Gasteiger partial charge < -0.3 is 16.1 Å². The van der Waals surface area contributed by atoms with Crippen LogP contribution in [-0.2, 0) is 0 Å². The van der Waals surface area contributed by atoms with E-state index < -0.39 is 0 Å². The van der Waals surface area contributed by atoms with Gasteiger partial charge in [0.05, 0.1) is 32.6 Å². The van der Waals surface area contributed by atoms with E-state index in [0.29, 0.717) is 43.7 Å². The smallest absolute Gasteiger partial charge is 0.173 e. The highest BCUT2D eigenvalue weighted by molar-refractivity contribution is 6.36. The largest absolute Gasteiger partial charge is 0.409 e. The first-order valence-electron chi connectivity index (χ1n) is 7.34. The molecular weight excluding hydrogens is 462 g/mol. The highest BCUT2D eigenvalue weighted by atomic mass is 35.5. The molecule has 0 aliphatic carbocycles. The second-order valence-electron chi connectivity index (χ2n) is 5.20. The van der Waals surface area contributed by atoms with Crippen molar-refractivity contribution in [2.45, 2.75) is 35.1 Å². The highest BCUT2D eigenvalue weighted by Crippen LogP contribution is 2.27. The molecule has 0 aromatic carbocycles. The summed E-state index contributed by atoms with van der Waals surface area (Å²) in [4.78, 5) is 7.88. The SMILES string of the molecule is C.Cc1nc(Cl)c(/C(N)=N/O)c(C)c1Cl.Cc1nc(Cl)c(C#N)c(C)c1Cl.NO. The van der Waals surface area contributed by atoms with Crippen LogP contribution in [0, 0.1) is 39.0 Å². The third kappa shape index (κ3) is 7.16. The van der Waals surface area contributed by atoms with Gasteiger partial charge in [0.2, 0.25) is 0 Å². The van der Waals surface area contributed by atoms with Crippen LogP contribution in [0.1, 0.15) is 41.1 Å². The van der Waals surface area contributed by atoms with E-state index in [-0.39, 0.29) is 23.6 Å². The lowest BCUT2D eigenvalue weighted by Gasteiger charge is -2.09. The molecule has 0 aliphatic heterocycles. The first-order chi connectivity index (χ1) is 13.1. The molecule has 2 aromatic rings. The monoisotopic (exact) mass is 482 g/mol. The van der Waals surface area contributed by atoms with Gasteiger partial charge in [-0.15, -0.1) is 0 Å². The summed E-state index contributed by atoms with van der Waals surface area (Å²) in [5, 5.41) is 28.0. The number of nitriles is 1. The Balaban J connectivity index is 0. The Labute approximate surface area is 189 Å². The van der Waals surface area contributed by atoms with Gasteiger partial charge in [-0.25, -0.2) is 15.9 Å². The number of nitrogens with zero attached hydrogens (tertiary/aromatic N) is 4. The molecule has 0 saturated heterocycles. The van der Waals surface area contributed by atoms with Gasteiger partial charge in [0, 0.05) is 0 Å². The predicted octanol–water partition coefficient (Wildman–Crippen LogP) is 4.95. The molecule has 0 aliphatic rings. The van der Waals surface area contributed by atoms with Crippen molar-refractivity contribution in [3.05, 3.63) is 54.0 Å². The molecule has 2 rings (SSSR count). The lowest BCUT2D eigenvalue weighted by Crippen LogP contribution is -2.16. The van der Waals surface area contributed by atoms with Crippen LogP contribution in [0.2, 0.25) is 20.4 Å². The number of hydrogen-bond donors (Lipinski definition) is 4. The second kappa shape index (κ2) is 13.4. The third-order valence-electron chi connectivity index (χ3n) is 3.46. The number of pyridine rings is 2. The Hall–Kier alpha value is -1.86. The van der Waals surface area contributed by atoms with Crippen molar-refractivity contribution in [2.24, 2.45) is 16.8 Å². The molecule has 6 N–H and O–H groups in total. The molecule has 0 amide bonds. The average molecular weight is 484 g/mol. The summed E-state index contributed by atoms with van der Waals surface area (Å²) < 4.78 is 0. The fourth-order valence-electron chi connectivity index (χ4n) is 2.05. The zero-order chi connectivity index (χ0) is 22.2. The van der Waals surface area contributed by atoms with Gasteiger partial charge in [-0.2, -0.15) is 5.26 Å². The first-order valence-corrected chi connectivity index (χ1v) is 8.86. The predicted molar refractivity (Wildman–Crippen MR) is 117 cm³/mol. The van der Waals surface area contributed by atoms with Crippen LogP contribution in [0.15, 0.2) is 5.16 Å². The van der Waals surface area contributed by atoms with Gasteiger partial charge in [0.1, 0.15) is 16.4 Å². The Kier molecular flexibility index (Phi) is 13.5. The van der Waals surface area contributed by atoms with Crippen molar-refractivity contribution in [1.29, 1.82) is 5.26 Å². The summed E-state index contributed by atoms with van der Waals surface area (Å²) in [5.74, 6) is 3.40. The van der Waals surface area contributed by atoms with Gasteiger partial charge in [-0.1, -0.05) is 59.0 Å². The van der Waals surface area contributed by atoms with E-state index in [9.17, 15) is 0 Å². The maximum Gasteiger partial charge on any atom is 0.173 e. The molecule has 0 bridgehead atoms. The number of halogens is 4. The molecule has 0 saturated carbocycles. The van der Waals surface area contributed by atoms with Crippen molar-refractivity contribution in [3.63, 3.8) is 0 Å². The molecule has 0 fully saturated rings. The molecule has 0 spiro atoms. The van der Waals surface area contributed by atoms with E-state index in [0.717, 1.165) is 0 Å². The van der Waals surface area contributed by atoms with Gasteiger partial charge >= 0.3 is 0 Å². The molecule has 29 heavy (non-hydrogen) atoms. The first kappa shape index (κ1) is 29.3. The minimum atomic E-state index is -0.0955. The third-order valence-corrected chi connectivity index (χ3v) is 5.12. The highest BCUT2D eigenvalue weighted by Gasteiger charge is 2.15. The summed E-state index contributed by atoms with van der Waals surface area (Å²) in [6.45, 7) is 6.97. The maximum absolute atomic E-state index is 8.68. The molecule has 0 unspecified atom stereocenters. The van der Waals surface area contributed by atoms with Crippen LogP contribution >= 0.6 is 46.4 Å². The van der Waals surface area contributed by atoms with E-state index in [1.54, 1.807) is 27.7 Å². The lowest BCUT2D eigenvalue weighted by molar-refractivity contribution is 0.311. The quantitative estimate of drug-likeness (QED) is 0.147. The Morgan fingerprint density at radius 1 is 0.931 bits per heavy atom. The standard InChI is InChI=1S/C8H9Cl2N3O.C8H6Cl2N2.CH4.H3NO/c1-3-5(8(11)13-14)7(10)12-4(2)6(3)9;1-4-6(3-11)8(10)12-5(2)7(4)9;;1-2/h14H,1-2H3,(H2,11,13);1-2H3;1H4;2H,1H2. The zero-order valence-electron chi connectivity index (χ0n) is 15.3. The zero-order valence-corrected chi connectivity index (χ0v) is 18.4. The van der Waals surface area contributed by atoms with E-state index in [1.807, 2.05) is 6.07 Å². The summed E-state index contributed by atoms with van der Waals surface area (Å²) in [7, 11) is 0. The van der Waals surface area contributed by atoms with Crippen LogP contribution in [0.25, 0.3) is 0 Å². The number of rotatable bonds is 1. The minimum Gasteiger partial charge on any atom is -0.409 e. The van der Waals surface area contributed by atoms with E-state index in [1.165, 1.54) is 0 Å². The number of nitrogens with two attached hydrogens (primary N) is 2. The van der Waals surface area contributed by atoms with Crippen LogP contribution in [0.3, 0.4) is 0 Å². The van der Waals surface area contributed by atoms with E-state index in [2.05, 4.69) is 21.0 Å². The van der Waals surface area contributed by atoms with E-state index in [4.69, 9.17) is 67.8 Å². The molecule has 0 radical (unpaired) electrons. The molecule has 8 nitrogen and oxygen atoms in total. The van der Waals surface area contributed by atoms with Crippen LogP contribution in [-0.4, -0.2) is 26.2 Å². The molecule has 160 valence electrons. The van der Waals surface area contributed by atoms with Crippen molar-refractivity contribution in [3.8, 4) is 6.07 Å². The fraction of sp³-hybridized carbons (Fsp3) is 0.294. The van der Waals surface area contributed by atoms with Gasteiger partial charge in [0.15, 0.2) is 5.84 Å². The second-order valence-corrected chi connectivity index (χ2v) is 6.67. The number of amidine groups is 1. The average Bonchev–Trinajstić information content (AvgIpc) is 2.66. The van der Waals surface area contributed by atoms with Crippen molar-refractivity contribution in [2.75, 3.05) is 0 Å². The summed E-state index contributed by atoms with van der Waals surface area (Å²) in [5.41, 5.74) is 8.76. The molecular formula is C17H22Cl4N6O2. The molecule has 2 aromatic heterocycles. The Morgan fingerprint density at radius 2 is 1.34 bits per heavy atom. The van der Waals surface area contributed by atoms with E-state index >= 15 is 0 Å². The minimum absolute atomic E-state index is 0. The molecule has 0 atom stereocenters. The lowest BCUT2D eigenvalue weighted by atomic mass is 10.1. The van der Waals surface area contributed by atoms with Crippen LogP contribution < -0.4 is 11.6 Å². The van der Waals surface area contributed by atoms with Crippen LogP contribution in [0.5, 0.6) is 0 Å². The van der Waals surface area contributed by atoms with Crippen molar-refractivity contribution >= 4 is 52.2 Å². The van der Waals surface area contributed by atoms with Gasteiger partial charge in [-0.05, 0) is 38.8 Å². The topological polar surface area (TPSA) is 154 Å². The van der Waals surface area contributed by atoms with Crippen molar-refractivity contribution < 1.29 is 10.4 Å².